The van der Waals surface area contributed by atoms with Crippen molar-refractivity contribution in [3.8, 4) is 11.1 Å². The Bertz CT molecular complexity index is 920. The lowest BCUT2D eigenvalue weighted by Crippen LogP contribution is -2.26. The summed E-state index contributed by atoms with van der Waals surface area (Å²) in [7, 11) is 0. The third kappa shape index (κ3) is 2.83. The van der Waals surface area contributed by atoms with E-state index in [9.17, 15) is 9.59 Å². The Kier molecular flexibility index (Phi) is 3.88. The highest BCUT2D eigenvalue weighted by Crippen LogP contribution is 2.25. The van der Waals surface area contributed by atoms with Gasteiger partial charge in [0.1, 0.15) is 5.76 Å². The number of benzene rings is 1. The lowest BCUT2D eigenvalue weighted by molar-refractivity contribution is 0.0956. The molecule has 6 heteroatoms. The summed E-state index contributed by atoms with van der Waals surface area (Å²) in [4.78, 5) is 24.6. The number of carbonyl (C=O) groups excluding carboxylic acids is 1. The summed E-state index contributed by atoms with van der Waals surface area (Å²) in [6.45, 7) is 3.59. The van der Waals surface area contributed by atoms with Crippen LogP contribution >= 0.6 is 11.6 Å². The number of nitrogens with zero attached hydrogens (tertiary/aromatic N) is 2. The maximum absolute atomic E-state index is 12.6. The summed E-state index contributed by atoms with van der Waals surface area (Å²) in [5.41, 5.74) is 2.16. The fourth-order valence-electron chi connectivity index (χ4n) is 2.42. The van der Waals surface area contributed by atoms with E-state index >= 15 is 0 Å². The van der Waals surface area contributed by atoms with E-state index in [0.29, 0.717) is 27.6 Å². The van der Waals surface area contributed by atoms with Gasteiger partial charge in [-0.1, -0.05) is 16.8 Å². The van der Waals surface area contributed by atoms with Crippen LogP contribution in [0.25, 0.3) is 11.1 Å². The Balaban J connectivity index is 2.10. The Hall–Kier alpha value is -2.66. The molecule has 0 amide bonds. The molecule has 0 fully saturated rings. The first kappa shape index (κ1) is 15.2. The molecule has 0 aliphatic heterocycles. The highest BCUT2D eigenvalue weighted by molar-refractivity contribution is 6.30. The van der Waals surface area contributed by atoms with Gasteiger partial charge in [0.2, 0.25) is 0 Å². The number of halogens is 1. The van der Waals surface area contributed by atoms with Crippen LogP contribution in [-0.4, -0.2) is 15.6 Å². The normalized spacial score (nSPS) is 10.7. The second kappa shape index (κ2) is 5.85. The van der Waals surface area contributed by atoms with E-state index < -0.39 is 11.5 Å². The molecule has 3 rings (SSSR count). The molecule has 23 heavy (non-hydrogen) atoms. The van der Waals surface area contributed by atoms with Gasteiger partial charge < -0.3 is 4.52 Å². The first-order chi connectivity index (χ1) is 11.0. The molecule has 0 saturated heterocycles. The van der Waals surface area contributed by atoms with E-state index in [1.54, 1.807) is 37.3 Å². The SMILES string of the molecule is Cc1noc(C)c1-c1ccc(=O)n(C(=O)c2ccc(Cl)cc2)c1. The van der Waals surface area contributed by atoms with Crippen molar-refractivity contribution < 1.29 is 9.32 Å². The summed E-state index contributed by atoms with van der Waals surface area (Å²) >= 11 is 5.82. The molecule has 0 saturated carbocycles. The van der Waals surface area contributed by atoms with Gasteiger partial charge in [0.05, 0.1) is 5.69 Å². The number of hydrogen-bond donors (Lipinski definition) is 0. The van der Waals surface area contributed by atoms with Crippen molar-refractivity contribution in [2.45, 2.75) is 13.8 Å². The van der Waals surface area contributed by atoms with Crippen molar-refractivity contribution in [2.24, 2.45) is 0 Å². The van der Waals surface area contributed by atoms with Crippen LogP contribution in [0.15, 0.2) is 51.9 Å². The van der Waals surface area contributed by atoms with Gasteiger partial charge >= 0.3 is 0 Å². The Morgan fingerprint density at radius 3 is 2.43 bits per heavy atom. The van der Waals surface area contributed by atoms with E-state index in [0.717, 1.165) is 10.1 Å². The molecule has 0 atom stereocenters. The highest BCUT2D eigenvalue weighted by atomic mass is 35.5. The molecule has 0 radical (unpaired) electrons. The van der Waals surface area contributed by atoms with Crippen LogP contribution in [0.2, 0.25) is 5.02 Å². The fourth-order valence-corrected chi connectivity index (χ4v) is 2.55. The first-order valence-electron chi connectivity index (χ1n) is 6.93. The molecule has 2 heterocycles. The van der Waals surface area contributed by atoms with Crippen LogP contribution in [0, 0.1) is 13.8 Å². The van der Waals surface area contributed by atoms with E-state index in [-0.39, 0.29) is 0 Å². The standard InChI is InChI=1S/C17H13ClN2O3/c1-10-16(11(2)23-19-10)13-5-8-15(21)20(9-13)17(22)12-3-6-14(18)7-4-12/h3-9H,1-2H3. The molecule has 0 unspecified atom stereocenters. The van der Waals surface area contributed by atoms with Crippen LogP contribution in [0.1, 0.15) is 21.8 Å². The summed E-state index contributed by atoms with van der Waals surface area (Å²) in [5.74, 6) is 0.215. The molecule has 2 aromatic heterocycles. The smallest absolute Gasteiger partial charge is 0.264 e. The average molecular weight is 329 g/mol. The van der Waals surface area contributed by atoms with Gasteiger partial charge in [-0.3, -0.25) is 9.59 Å². The van der Waals surface area contributed by atoms with Crippen molar-refractivity contribution in [2.75, 3.05) is 0 Å². The van der Waals surface area contributed by atoms with Crippen LogP contribution < -0.4 is 5.56 Å². The number of pyridine rings is 1. The summed E-state index contributed by atoms with van der Waals surface area (Å²) in [6, 6.07) is 9.39. The third-order valence-electron chi connectivity index (χ3n) is 3.54. The molecule has 0 aliphatic carbocycles. The Labute approximate surface area is 137 Å². The summed E-state index contributed by atoms with van der Waals surface area (Å²) < 4.78 is 6.21. The lowest BCUT2D eigenvalue weighted by Gasteiger charge is -2.07. The summed E-state index contributed by atoms with van der Waals surface area (Å²) in [6.07, 6.45) is 1.51. The van der Waals surface area contributed by atoms with Crippen molar-refractivity contribution in [3.05, 3.63) is 75.0 Å². The first-order valence-corrected chi connectivity index (χ1v) is 7.31. The van der Waals surface area contributed by atoms with Crippen molar-refractivity contribution in [3.63, 3.8) is 0 Å². The maximum Gasteiger partial charge on any atom is 0.264 e. The predicted octanol–water partition coefficient (Wildman–Crippen LogP) is 3.46. The van der Waals surface area contributed by atoms with Crippen LogP contribution in [0.3, 0.4) is 0 Å². The number of aryl methyl sites for hydroxylation is 2. The molecule has 0 spiro atoms. The molecule has 0 N–H and O–H groups in total. The quantitative estimate of drug-likeness (QED) is 0.722. The van der Waals surface area contributed by atoms with Gasteiger partial charge in [-0.05, 0) is 44.2 Å². The number of aromatic nitrogens is 2. The minimum Gasteiger partial charge on any atom is -0.361 e. The second-order valence-corrected chi connectivity index (χ2v) is 5.57. The minimum absolute atomic E-state index is 0.382. The van der Waals surface area contributed by atoms with Gasteiger partial charge in [0.15, 0.2) is 0 Å². The highest BCUT2D eigenvalue weighted by Gasteiger charge is 2.15. The Morgan fingerprint density at radius 1 is 1.13 bits per heavy atom. The number of hydrogen-bond acceptors (Lipinski definition) is 4. The molecule has 116 valence electrons. The zero-order valence-corrected chi connectivity index (χ0v) is 13.3. The topological polar surface area (TPSA) is 65.1 Å². The largest absolute Gasteiger partial charge is 0.361 e. The average Bonchev–Trinajstić information content (AvgIpc) is 2.87. The zero-order chi connectivity index (χ0) is 16.6. The van der Waals surface area contributed by atoms with Crippen LogP contribution in [-0.2, 0) is 0 Å². The second-order valence-electron chi connectivity index (χ2n) is 5.14. The number of carbonyl (C=O) groups is 1. The predicted molar refractivity (Wildman–Crippen MR) is 86.9 cm³/mol. The van der Waals surface area contributed by atoms with Gasteiger partial charge in [0.25, 0.3) is 11.5 Å². The van der Waals surface area contributed by atoms with Gasteiger partial charge in [0, 0.05) is 34.0 Å². The van der Waals surface area contributed by atoms with E-state index in [4.69, 9.17) is 16.1 Å². The molecule has 1 aromatic carbocycles. The minimum atomic E-state index is -0.416. The summed E-state index contributed by atoms with van der Waals surface area (Å²) in [5, 5.41) is 4.42. The lowest BCUT2D eigenvalue weighted by atomic mass is 10.1. The zero-order valence-electron chi connectivity index (χ0n) is 12.5. The molecule has 3 aromatic rings. The molecule has 0 aliphatic rings. The molecular weight excluding hydrogens is 316 g/mol. The van der Waals surface area contributed by atoms with Gasteiger partial charge in [-0.15, -0.1) is 0 Å². The molecule has 0 bridgehead atoms. The maximum atomic E-state index is 12.6. The van der Waals surface area contributed by atoms with E-state index in [1.165, 1.54) is 12.3 Å². The van der Waals surface area contributed by atoms with Crippen molar-refractivity contribution >= 4 is 17.5 Å². The monoisotopic (exact) mass is 328 g/mol. The van der Waals surface area contributed by atoms with E-state index in [1.807, 2.05) is 6.92 Å². The van der Waals surface area contributed by atoms with Crippen molar-refractivity contribution in [1.29, 1.82) is 0 Å². The Morgan fingerprint density at radius 2 is 1.83 bits per heavy atom. The fraction of sp³-hybridized carbons (Fsp3) is 0.118. The van der Waals surface area contributed by atoms with Crippen LogP contribution in [0.4, 0.5) is 0 Å². The third-order valence-corrected chi connectivity index (χ3v) is 3.80. The van der Waals surface area contributed by atoms with Crippen LogP contribution in [0.5, 0.6) is 0 Å². The molecular formula is C17H13ClN2O3. The number of rotatable bonds is 2. The van der Waals surface area contributed by atoms with Gasteiger partial charge in [-0.2, -0.15) is 0 Å². The van der Waals surface area contributed by atoms with E-state index in [2.05, 4.69) is 5.16 Å². The van der Waals surface area contributed by atoms with Crippen molar-refractivity contribution in [1.82, 2.24) is 9.72 Å². The van der Waals surface area contributed by atoms with Gasteiger partial charge in [-0.25, -0.2) is 4.57 Å². The molecule has 5 nitrogen and oxygen atoms in total.